The number of likely N-dealkylation sites (tertiary alicyclic amines) is 1. The molecule has 0 spiro atoms. The van der Waals surface area contributed by atoms with Gasteiger partial charge in [-0.2, -0.15) is 5.26 Å². The number of aromatic nitrogens is 2. The minimum absolute atomic E-state index is 0.0810. The van der Waals surface area contributed by atoms with E-state index < -0.39 is 23.6 Å². The molecule has 4 heterocycles. The number of carboxylic acid groups (broad SMARTS) is 1. The van der Waals surface area contributed by atoms with E-state index in [1.165, 1.54) is 6.33 Å². The van der Waals surface area contributed by atoms with E-state index in [0.717, 1.165) is 5.56 Å². The molecule has 1 aromatic carbocycles. The van der Waals surface area contributed by atoms with Crippen LogP contribution in [0.1, 0.15) is 50.8 Å². The molecule has 1 N–H and O–H groups in total. The molecule has 168 valence electrons. The fourth-order valence-electron chi connectivity index (χ4n) is 5.70. The van der Waals surface area contributed by atoms with Crippen LogP contribution in [0.5, 0.6) is 0 Å². The van der Waals surface area contributed by atoms with Crippen LogP contribution in [0.3, 0.4) is 0 Å². The summed E-state index contributed by atoms with van der Waals surface area (Å²) in [5, 5.41) is 19.7. The van der Waals surface area contributed by atoms with Gasteiger partial charge in [-0.05, 0) is 27.8 Å². The van der Waals surface area contributed by atoms with Crippen molar-refractivity contribution in [2.45, 2.75) is 57.9 Å². The normalized spacial score (nSPS) is 26.6. The minimum atomic E-state index is -0.923. The molecule has 1 amide bonds. The molecule has 8 nitrogen and oxygen atoms in total. The monoisotopic (exact) mass is 503 g/mol. The second-order valence-corrected chi connectivity index (χ2v) is 10.6. The number of anilines is 1. The zero-order valence-electron chi connectivity index (χ0n) is 18.0. The molecule has 0 radical (unpaired) electrons. The van der Waals surface area contributed by atoms with Gasteiger partial charge in [-0.25, -0.2) is 19.2 Å². The van der Waals surface area contributed by atoms with Gasteiger partial charge in [-0.15, -0.1) is 0 Å². The molecule has 0 aliphatic carbocycles. The van der Waals surface area contributed by atoms with Crippen molar-refractivity contribution in [2.24, 2.45) is 5.41 Å². The maximum atomic E-state index is 15.3. The molecule has 2 saturated heterocycles. The average Bonchev–Trinajstić information content (AvgIpc) is 3.43. The molecule has 0 saturated carbocycles. The van der Waals surface area contributed by atoms with E-state index in [1.54, 1.807) is 4.90 Å². The van der Waals surface area contributed by atoms with Crippen LogP contribution in [-0.2, 0) is 11.3 Å². The molecule has 3 atom stereocenters. The van der Waals surface area contributed by atoms with Crippen molar-refractivity contribution in [3.05, 3.63) is 27.7 Å². The van der Waals surface area contributed by atoms with Crippen LogP contribution in [0.25, 0.3) is 10.9 Å². The number of rotatable bonds is 2. The zero-order chi connectivity index (χ0) is 23.0. The number of carbonyl (C=O) groups is 1. The van der Waals surface area contributed by atoms with Crippen LogP contribution in [0, 0.1) is 22.6 Å². The Balaban J connectivity index is 1.71. The Morgan fingerprint density at radius 3 is 2.88 bits per heavy atom. The van der Waals surface area contributed by atoms with Crippen LogP contribution < -0.4 is 4.90 Å². The number of benzene rings is 1. The summed E-state index contributed by atoms with van der Waals surface area (Å²) in [5.74, 6) is 0.0953. The first-order valence-electron chi connectivity index (χ1n) is 10.5. The maximum Gasteiger partial charge on any atom is 0.407 e. The van der Waals surface area contributed by atoms with Gasteiger partial charge >= 0.3 is 6.09 Å². The van der Waals surface area contributed by atoms with Gasteiger partial charge in [0.05, 0.1) is 46.6 Å². The van der Waals surface area contributed by atoms with Crippen LogP contribution in [-0.4, -0.2) is 50.7 Å². The molecule has 32 heavy (non-hydrogen) atoms. The van der Waals surface area contributed by atoms with E-state index in [-0.39, 0.29) is 30.0 Å². The molecule has 2 fully saturated rings. The second kappa shape index (κ2) is 6.99. The van der Waals surface area contributed by atoms with Crippen molar-refractivity contribution in [1.82, 2.24) is 14.9 Å². The number of nitrogens with zero attached hydrogens (tertiary/aromatic N) is 5. The van der Waals surface area contributed by atoms with E-state index in [2.05, 4.69) is 57.6 Å². The Kier molecular flexibility index (Phi) is 4.66. The fraction of sp³-hybridized carbons (Fsp3) is 0.545. The van der Waals surface area contributed by atoms with Gasteiger partial charge in [0.2, 0.25) is 0 Å². The average molecular weight is 504 g/mol. The summed E-state index contributed by atoms with van der Waals surface area (Å²) in [6.07, 6.45) is 0.739. The van der Waals surface area contributed by atoms with Crippen molar-refractivity contribution < 1.29 is 19.0 Å². The minimum Gasteiger partial charge on any atom is -0.465 e. The number of halogens is 2. The molecular weight excluding hydrogens is 481 g/mol. The van der Waals surface area contributed by atoms with Gasteiger partial charge in [0.1, 0.15) is 17.7 Å². The number of hydrogen-bond donors (Lipinski definition) is 1. The summed E-state index contributed by atoms with van der Waals surface area (Å²) in [7, 11) is 0. The third-order valence-electron chi connectivity index (χ3n) is 7.37. The zero-order valence-corrected chi connectivity index (χ0v) is 19.6. The van der Waals surface area contributed by atoms with Gasteiger partial charge < -0.3 is 14.7 Å². The quantitative estimate of drug-likeness (QED) is 0.648. The summed E-state index contributed by atoms with van der Waals surface area (Å²) in [6.45, 7) is 7.17. The molecule has 10 heteroatoms. The van der Waals surface area contributed by atoms with Crippen molar-refractivity contribution in [2.75, 3.05) is 18.0 Å². The largest absolute Gasteiger partial charge is 0.465 e. The van der Waals surface area contributed by atoms with Gasteiger partial charge in [-0.3, -0.25) is 4.90 Å². The van der Waals surface area contributed by atoms with Crippen molar-refractivity contribution in [3.63, 3.8) is 0 Å². The Labute approximate surface area is 193 Å². The smallest absolute Gasteiger partial charge is 0.407 e. The second-order valence-electron chi connectivity index (χ2n) is 9.76. The third-order valence-corrected chi connectivity index (χ3v) is 8.20. The number of amides is 1. The number of ether oxygens (including phenoxy) is 1. The number of piperazine rings is 1. The van der Waals surface area contributed by atoms with Crippen LogP contribution in [0.4, 0.5) is 15.0 Å². The lowest BCUT2D eigenvalue weighted by atomic mass is 9.73. The maximum absolute atomic E-state index is 15.3. The molecular formula is C22H23BrFN5O3. The predicted molar refractivity (Wildman–Crippen MR) is 118 cm³/mol. The Morgan fingerprint density at radius 2 is 2.22 bits per heavy atom. The predicted octanol–water partition coefficient (Wildman–Crippen LogP) is 4.37. The summed E-state index contributed by atoms with van der Waals surface area (Å²) >= 11 is 3.35. The highest BCUT2D eigenvalue weighted by Crippen LogP contribution is 2.53. The van der Waals surface area contributed by atoms with E-state index in [9.17, 15) is 15.2 Å². The molecule has 2 bridgehead atoms. The lowest BCUT2D eigenvalue weighted by Gasteiger charge is -2.48. The summed E-state index contributed by atoms with van der Waals surface area (Å²) in [5.41, 5.74) is 0.707. The fourth-order valence-corrected chi connectivity index (χ4v) is 6.21. The molecule has 3 aliphatic rings. The van der Waals surface area contributed by atoms with Crippen LogP contribution in [0.15, 0.2) is 10.8 Å². The first-order valence-corrected chi connectivity index (χ1v) is 11.3. The summed E-state index contributed by atoms with van der Waals surface area (Å²) in [6, 6.07) is 2.07. The molecule has 1 aromatic heterocycles. The highest BCUT2D eigenvalue weighted by Gasteiger charge is 2.62. The Morgan fingerprint density at radius 1 is 1.47 bits per heavy atom. The SMILES string of the molecule is CC(C)(C)[C@@]12C[C@H](CN1C(=O)O)N(c1ncnc3c(F)c(Br)c4c(c13)C(CC#N)OC4)C2. The number of hydrogen-bond acceptors (Lipinski definition) is 6. The number of fused-ring (bicyclic) bond motifs is 5. The van der Waals surface area contributed by atoms with E-state index in [1.807, 2.05) is 0 Å². The van der Waals surface area contributed by atoms with E-state index in [4.69, 9.17) is 4.74 Å². The Bertz CT molecular complexity index is 1190. The van der Waals surface area contributed by atoms with Crippen LogP contribution >= 0.6 is 15.9 Å². The lowest BCUT2D eigenvalue weighted by Crippen LogP contribution is -2.61. The van der Waals surface area contributed by atoms with Crippen molar-refractivity contribution in [1.29, 1.82) is 5.26 Å². The van der Waals surface area contributed by atoms with Gasteiger partial charge in [-0.1, -0.05) is 20.8 Å². The first-order chi connectivity index (χ1) is 15.1. The van der Waals surface area contributed by atoms with E-state index >= 15 is 4.39 Å². The first kappa shape index (κ1) is 21.3. The van der Waals surface area contributed by atoms with Crippen molar-refractivity contribution in [3.8, 4) is 6.07 Å². The molecule has 2 aromatic rings. The van der Waals surface area contributed by atoms with Gasteiger partial charge in [0, 0.05) is 24.2 Å². The highest BCUT2D eigenvalue weighted by atomic mass is 79.9. The lowest BCUT2D eigenvalue weighted by molar-refractivity contribution is 0.0363. The summed E-state index contributed by atoms with van der Waals surface area (Å²) < 4.78 is 21.4. The van der Waals surface area contributed by atoms with Gasteiger partial charge in [0.15, 0.2) is 5.82 Å². The summed E-state index contributed by atoms with van der Waals surface area (Å²) in [4.78, 5) is 24.5. The Hall–Kier alpha value is -2.51. The molecule has 1 unspecified atom stereocenters. The standard InChI is InChI=1S/C22H23BrFN5O3/c1-21(2,3)22-6-11(7-29(22)20(30)31)28(9-22)19-15-14-12(8-32-13(14)4-5-25)16(23)17(24)18(15)26-10-27-19/h10-11,13H,4,6-9H2,1-3H3,(H,30,31)/t11-,13?,22+/m1/s1. The van der Waals surface area contributed by atoms with Crippen LogP contribution in [0.2, 0.25) is 0 Å². The topological polar surface area (TPSA) is 103 Å². The third kappa shape index (κ3) is 2.70. The number of nitriles is 1. The molecule has 5 rings (SSSR count). The highest BCUT2D eigenvalue weighted by molar-refractivity contribution is 9.10. The van der Waals surface area contributed by atoms with Crippen molar-refractivity contribution >= 4 is 38.7 Å². The molecule has 3 aliphatic heterocycles. The van der Waals surface area contributed by atoms with Gasteiger partial charge in [0.25, 0.3) is 0 Å². The van der Waals surface area contributed by atoms with E-state index in [0.29, 0.717) is 40.8 Å².